The molecule has 156 valence electrons. The molecule has 0 radical (unpaired) electrons. The van der Waals surface area contributed by atoms with E-state index in [0.717, 1.165) is 5.69 Å². The van der Waals surface area contributed by atoms with E-state index in [1.165, 1.54) is 0 Å². The first-order chi connectivity index (χ1) is 14.5. The van der Waals surface area contributed by atoms with Crippen LogP contribution < -0.4 is 16.0 Å². The number of benzene rings is 2. The Labute approximate surface area is 175 Å². The van der Waals surface area contributed by atoms with Gasteiger partial charge < -0.3 is 20.5 Å². The number of para-hydroxylation sites is 1. The third-order valence-corrected chi connectivity index (χ3v) is 4.29. The maximum atomic E-state index is 12.2. The number of urea groups is 1. The molecule has 0 atom stereocenters. The van der Waals surface area contributed by atoms with Crippen molar-refractivity contribution in [1.82, 2.24) is 15.5 Å². The fourth-order valence-electron chi connectivity index (χ4n) is 2.65. The summed E-state index contributed by atoms with van der Waals surface area (Å²) in [6, 6.07) is 15.6. The maximum absolute atomic E-state index is 12.2. The molecule has 3 N–H and O–H groups in total. The Morgan fingerprint density at radius 1 is 0.967 bits per heavy atom. The third kappa shape index (κ3) is 6.16. The predicted molar refractivity (Wildman–Crippen MR) is 115 cm³/mol. The highest BCUT2D eigenvalue weighted by Gasteiger charge is 2.10. The average Bonchev–Trinajstić information content (AvgIpc) is 3.22. The number of carbonyl (C=O) groups excluding carboxylic acids is 2. The van der Waals surface area contributed by atoms with Crippen LogP contribution >= 0.6 is 0 Å². The molecule has 0 bridgehead atoms. The second-order valence-corrected chi connectivity index (χ2v) is 7.08. The van der Waals surface area contributed by atoms with Crippen molar-refractivity contribution in [2.45, 2.75) is 32.6 Å². The van der Waals surface area contributed by atoms with E-state index in [0.29, 0.717) is 42.4 Å². The molecule has 8 heteroatoms. The summed E-state index contributed by atoms with van der Waals surface area (Å²) in [4.78, 5) is 28.6. The number of rotatable bonds is 8. The van der Waals surface area contributed by atoms with Gasteiger partial charge in [-0.15, -0.1) is 0 Å². The molecule has 3 rings (SSSR count). The molecule has 3 aromatic rings. The quantitative estimate of drug-likeness (QED) is 0.485. The Morgan fingerprint density at radius 2 is 1.67 bits per heavy atom. The Hall–Kier alpha value is -3.68. The fraction of sp³-hybridized carbons (Fsp3) is 0.273. The first-order valence-electron chi connectivity index (χ1n) is 9.85. The number of hydrogen-bond donors (Lipinski definition) is 3. The van der Waals surface area contributed by atoms with Crippen LogP contribution in [0.5, 0.6) is 0 Å². The molecule has 0 aliphatic carbocycles. The Morgan fingerprint density at radius 3 is 2.33 bits per heavy atom. The Bertz CT molecular complexity index is 968. The number of anilines is 2. The molecule has 8 nitrogen and oxygen atoms in total. The van der Waals surface area contributed by atoms with Gasteiger partial charge in [0.15, 0.2) is 5.82 Å². The van der Waals surface area contributed by atoms with Gasteiger partial charge in [-0.2, -0.15) is 4.98 Å². The molecule has 0 unspecified atom stereocenters. The van der Waals surface area contributed by atoms with Crippen molar-refractivity contribution in [3.05, 3.63) is 71.9 Å². The van der Waals surface area contributed by atoms with E-state index >= 15 is 0 Å². The van der Waals surface area contributed by atoms with Crippen LogP contribution in [0.3, 0.4) is 0 Å². The maximum Gasteiger partial charge on any atom is 0.319 e. The van der Waals surface area contributed by atoms with Crippen molar-refractivity contribution in [3.63, 3.8) is 0 Å². The molecule has 0 saturated carbocycles. The summed E-state index contributed by atoms with van der Waals surface area (Å²) in [5.74, 6) is 1.28. The van der Waals surface area contributed by atoms with E-state index in [-0.39, 0.29) is 17.9 Å². The lowest BCUT2D eigenvalue weighted by atomic mass is 10.2. The summed E-state index contributed by atoms with van der Waals surface area (Å²) in [5, 5.41) is 12.3. The summed E-state index contributed by atoms with van der Waals surface area (Å²) in [5.41, 5.74) is 1.83. The number of nitrogens with zero attached hydrogens (tertiary/aromatic N) is 2. The molecule has 30 heavy (non-hydrogen) atoms. The first-order valence-corrected chi connectivity index (χ1v) is 9.85. The minimum Gasteiger partial charge on any atom is -0.339 e. The van der Waals surface area contributed by atoms with Crippen LogP contribution in [0.15, 0.2) is 59.1 Å². The average molecular weight is 407 g/mol. The predicted octanol–water partition coefficient (Wildman–Crippen LogP) is 4.20. The van der Waals surface area contributed by atoms with Crippen LogP contribution in [-0.2, 0) is 6.42 Å². The van der Waals surface area contributed by atoms with E-state index in [4.69, 9.17) is 4.52 Å². The van der Waals surface area contributed by atoms with Crippen molar-refractivity contribution < 1.29 is 14.1 Å². The van der Waals surface area contributed by atoms with Gasteiger partial charge in [0.2, 0.25) is 5.89 Å². The van der Waals surface area contributed by atoms with E-state index in [9.17, 15) is 9.59 Å². The standard InChI is InChI=1S/C22H25N5O3/c1-15(2)20-26-19(30-27-20)9-6-14-23-22(29)25-18-12-10-16(11-13-18)21(28)24-17-7-4-3-5-8-17/h3-5,7-8,10-13,15H,6,9,14H2,1-2H3,(H,24,28)(H2,23,25,29). The van der Waals surface area contributed by atoms with Crippen LogP contribution in [-0.4, -0.2) is 28.6 Å². The lowest BCUT2D eigenvalue weighted by Gasteiger charge is -2.08. The Kier molecular flexibility index (Phi) is 7.15. The number of hydrogen-bond acceptors (Lipinski definition) is 5. The fourth-order valence-corrected chi connectivity index (χ4v) is 2.65. The van der Waals surface area contributed by atoms with Gasteiger partial charge in [-0.3, -0.25) is 4.79 Å². The van der Waals surface area contributed by atoms with Crippen LogP contribution in [0.4, 0.5) is 16.2 Å². The van der Waals surface area contributed by atoms with Crippen molar-refractivity contribution in [2.24, 2.45) is 0 Å². The number of carbonyl (C=O) groups is 2. The van der Waals surface area contributed by atoms with Gasteiger partial charge >= 0.3 is 6.03 Å². The summed E-state index contributed by atoms with van der Waals surface area (Å²) in [6.45, 7) is 4.48. The number of aryl methyl sites for hydroxylation is 1. The van der Waals surface area contributed by atoms with Crippen molar-refractivity contribution in [1.29, 1.82) is 0 Å². The monoisotopic (exact) mass is 407 g/mol. The normalized spacial score (nSPS) is 10.6. The molecular formula is C22H25N5O3. The highest BCUT2D eigenvalue weighted by molar-refractivity contribution is 6.04. The second-order valence-electron chi connectivity index (χ2n) is 7.08. The lowest BCUT2D eigenvalue weighted by molar-refractivity contribution is 0.102. The molecule has 2 aromatic carbocycles. The van der Waals surface area contributed by atoms with Crippen LogP contribution in [0.25, 0.3) is 0 Å². The van der Waals surface area contributed by atoms with Crippen molar-refractivity contribution in [2.75, 3.05) is 17.2 Å². The molecule has 0 aliphatic heterocycles. The number of nitrogens with one attached hydrogen (secondary N) is 3. The minimum absolute atomic E-state index is 0.209. The highest BCUT2D eigenvalue weighted by Crippen LogP contribution is 2.13. The van der Waals surface area contributed by atoms with Gasteiger partial charge in [0, 0.05) is 35.8 Å². The molecule has 3 amide bonds. The van der Waals surface area contributed by atoms with Crippen LogP contribution in [0.1, 0.15) is 48.3 Å². The zero-order chi connectivity index (χ0) is 21.3. The smallest absolute Gasteiger partial charge is 0.319 e. The summed E-state index contributed by atoms with van der Waals surface area (Å²) in [7, 11) is 0. The minimum atomic E-state index is -0.315. The lowest BCUT2D eigenvalue weighted by Crippen LogP contribution is -2.29. The van der Waals surface area contributed by atoms with E-state index < -0.39 is 0 Å². The molecule has 0 spiro atoms. The first kappa shape index (κ1) is 21.0. The molecular weight excluding hydrogens is 382 g/mol. The Balaban J connectivity index is 1.40. The van der Waals surface area contributed by atoms with Gasteiger partial charge in [0.1, 0.15) is 0 Å². The van der Waals surface area contributed by atoms with E-state index in [1.807, 2.05) is 44.2 Å². The molecule has 1 aromatic heterocycles. The third-order valence-electron chi connectivity index (χ3n) is 4.29. The topological polar surface area (TPSA) is 109 Å². The molecule has 0 fully saturated rings. The number of amides is 3. The largest absolute Gasteiger partial charge is 0.339 e. The summed E-state index contributed by atoms with van der Waals surface area (Å²) < 4.78 is 5.17. The van der Waals surface area contributed by atoms with Crippen molar-refractivity contribution >= 4 is 23.3 Å². The van der Waals surface area contributed by atoms with E-state index in [1.54, 1.807) is 24.3 Å². The van der Waals surface area contributed by atoms with Gasteiger partial charge in [-0.05, 0) is 42.8 Å². The zero-order valence-corrected chi connectivity index (χ0v) is 17.0. The van der Waals surface area contributed by atoms with Gasteiger partial charge in [-0.25, -0.2) is 4.79 Å². The van der Waals surface area contributed by atoms with Gasteiger partial charge in [0.25, 0.3) is 5.91 Å². The van der Waals surface area contributed by atoms with Gasteiger partial charge in [0.05, 0.1) is 0 Å². The van der Waals surface area contributed by atoms with Crippen LogP contribution in [0.2, 0.25) is 0 Å². The number of aromatic nitrogens is 2. The molecule has 0 saturated heterocycles. The van der Waals surface area contributed by atoms with Gasteiger partial charge in [-0.1, -0.05) is 37.2 Å². The van der Waals surface area contributed by atoms with E-state index in [2.05, 4.69) is 26.1 Å². The van der Waals surface area contributed by atoms with Crippen molar-refractivity contribution in [3.8, 4) is 0 Å². The molecule has 1 heterocycles. The second kappa shape index (κ2) is 10.2. The summed E-state index contributed by atoms with van der Waals surface area (Å²) >= 11 is 0. The zero-order valence-electron chi connectivity index (χ0n) is 17.0. The highest BCUT2D eigenvalue weighted by atomic mass is 16.5. The van der Waals surface area contributed by atoms with Crippen LogP contribution in [0, 0.1) is 0 Å². The SMILES string of the molecule is CC(C)c1noc(CCCNC(=O)Nc2ccc(C(=O)Nc3ccccc3)cc2)n1. The molecule has 0 aliphatic rings. The summed E-state index contributed by atoms with van der Waals surface area (Å²) in [6.07, 6.45) is 1.29.